The third-order valence-electron chi connectivity index (χ3n) is 2.64. The summed E-state index contributed by atoms with van der Waals surface area (Å²) in [6.07, 6.45) is 1.53. The highest BCUT2D eigenvalue weighted by Crippen LogP contribution is 2.25. The largest absolute Gasteiger partial charge is 0.269 e. The molecule has 3 aromatic rings. The lowest BCUT2D eigenvalue weighted by molar-refractivity contribution is -0.384. The van der Waals surface area contributed by atoms with E-state index in [0.29, 0.717) is 16.2 Å². The lowest BCUT2D eigenvalue weighted by Crippen LogP contribution is -2.12. The number of nitrogens with two attached hydrogens (primary N) is 1. The van der Waals surface area contributed by atoms with Gasteiger partial charge in [-0.3, -0.25) is 10.1 Å². The van der Waals surface area contributed by atoms with Crippen LogP contribution in [0.4, 0.5) is 5.69 Å². The van der Waals surface area contributed by atoms with E-state index in [-0.39, 0.29) is 10.0 Å². The van der Waals surface area contributed by atoms with Crippen molar-refractivity contribution in [1.82, 2.24) is 14.6 Å². The maximum atomic E-state index is 11.2. The monoisotopic (exact) mass is 325 g/mol. The summed E-state index contributed by atoms with van der Waals surface area (Å²) in [5, 5.41) is 19.4. The summed E-state index contributed by atoms with van der Waals surface area (Å²) < 4.78 is 23.4. The van der Waals surface area contributed by atoms with E-state index in [0.717, 1.165) is 11.3 Å². The maximum Gasteiger partial charge on any atom is 0.269 e. The number of rotatable bonds is 3. The Bertz CT molecular complexity index is 910. The number of fused-ring (bicyclic) bond motifs is 1. The highest BCUT2D eigenvalue weighted by atomic mass is 32.2. The lowest BCUT2D eigenvalue weighted by atomic mass is 10.1. The van der Waals surface area contributed by atoms with Crippen LogP contribution in [-0.2, 0) is 10.0 Å². The second-order valence-corrected chi connectivity index (χ2v) is 6.76. The number of benzene rings is 1. The Labute approximate surface area is 121 Å². The number of nitro groups is 1. The van der Waals surface area contributed by atoms with Crippen LogP contribution in [0.2, 0.25) is 0 Å². The van der Waals surface area contributed by atoms with Crippen LogP contribution < -0.4 is 5.14 Å². The van der Waals surface area contributed by atoms with E-state index >= 15 is 0 Å². The molecule has 0 bridgehead atoms. The molecule has 2 N–H and O–H groups in total. The fourth-order valence-electron chi connectivity index (χ4n) is 1.69. The molecule has 0 fully saturated rings. The molecule has 0 aliphatic rings. The summed E-state index contributed by atoms with van der Waals surface area (Å²) in [6, 6.07) is 5.86. The van der Waals surface area contributed by atoms with E-state index in [1.807, 2.05) is 0 Å². The number of aromatic nitrogens is 3. The summed E-state index contributed by atoms with van der Waals surface area (Å²) in [5.74, 6) is 0. The number of hydrogen-bond acceptors (Lipinski definition) is 7. The Balaban J connectivity index is 2.01. The molecule has 0 amide bonds. The number of hydrogen-bond donors (Lipinski definition) is 1. The number of nitro benzene ring substituents is 1. The summed E-state index contributed by atoms with van der Waals surface area (Å²) in [6.45, 7) is 0. The number of nitrogens with zero attached hydrogens (tertiary/aromatic N) is 4. The zero-order valence-corrected chi connectivity index (χ0v) is 11.8. The molecule has 0 aliphatic heterocycles. The molecule has 0 spiro atoms. The first kappa shape index (κ1) is 13.6. The van der Waals surface area contributed by atoms with Crippen molar-refractivity contribution in [2.24, 2.45) is 5.14 Å². The molecule has 2 aromatic heterocycles. The van der Waals surface area contributed by atoms with Crippen LogP contribution in [0.1, 0.15) is 0 Å². The number of primary sulfonamides is 1. The maximum absolute atomic E-state index is 11.2. The first-order valence-electron chi connectivity index (χ1n) is 5.48. The van der Waals surface area contributed by atoms with E-state index in [2.05, 4.69) is 10.1 Å². The van der Waals surface area contributed by atoms with Gasteiger partial charge < -0.3 is 0 Å². The van der Waals surface area contributed by atoms with E-state index in [4.69, 9.17) is 5.14 Å². The summed E-state index contributed by atoms with van der Waals surface area (Å²) in [4.78, 5) is 14.7. The van der Waals surface area contributed by atoms with Gasteiger partial charge in [0.15, 0.2) is 0 Å². The van der Waals surface area contributed by atoms with E-state index in [9.17, 15) is 18.5 Å². The Kier molecular flexibility index (Phi) is 2.97. The van der Waals surface area contributed by atoms with Crippen molar-refractivity contribution in [2.75, 3.05) is 0 Å². The summed E-state index contributed by atoms with van der Waals surface area (Å²) in [7, 11) is -3.86. The molecule has 108 valence electrons. The van der Waals surface area contributed by atoms with Gasteiger partial charge in [0.25, 0.3) is 15.7 Å². The van der Waals surface area contributed by atoms with E-state index in [1.165, 1.54) is 22.8 Å². The Morgan fingerprint density at radius 3 is 2.48 bits per heavy atom. The first-order chi connectivity index (χ1) is 9.84. The molecule has 2 heterocycles. The molecule has 21 heavy (non-hydrogen) atoms. The smallest absolute Gasteiger partial charge is 0.258 e. The Morgan fingerprint density at radius 1 is 1.29 bits per heavy atom. The van der Waals surface area contributed by atoms with Crippen molar-refractivity contribution < 1.29 is 13.3 Å². The summed E-state index contributed by atoms with van der Waals surface area (Å²) >= 11 is 0.847. The lowest BCUT2D eigenvalue weighted by Gasteiger charge is -1.95. The summed E-state index contributed by atoms with van der Waals surface area (Å²) in [5.41, 5.74) is 1.18. The van der Waals surface area contributed by atoms with Crippen LogP contribution in [0, 0.1) is 10.1 Å². The first-order valence-corrected chi connectivity index (χ1v) is 7.85. The van der Waals surface area contributed by atoms with Gasteiger partial charge in [-0.1, -0.05) is 11.3 Å². The quantitative estimate of drug-likeness (QED) is 0.564. The van der Waals surface area contributed by atoms with Crippen LogP contribution in [0.25, 0.3) is 16.2 Å². The highest BCUT2D eigenvalue weighted by Gasteiger charge is 2.17. The number of imidazole rings is 1. The van der Waals surface area contributed by atoms with Gasteiger partial charge in [0.2, 0.25) is 9.30 Å². The molecule has 0 atom stereocenters. The van der Waals surface area contributed by atoms with Gasteiger partial charge in [-0.25, -0.2) is 23.1 Å². The minimum atomic E-state index is -3.86. The second-order valence-electron chi connectivity index (χ2n) is 4.07. The molecule has 0 saturated carbocycles. The fourth-order valence-corrected chi connectivity index (χ4v) is 3.20. The highest BCUT2D eigenvalue weighted by molar-refractivity contribution is 7.91. The second kappa shape index (κ2) is 4.58. The van der Waals surface area contributed by atoms with Crippen LogP contribution in [0.15, 0.2) is 34.8 Å². The predicted molar refractivity (Wildman–Crippen MR) is 74.3 cm³/mol. The minimum absolute atomic E-state index is 0.0191. The van der Waals surface area contributed by atoms with Crippen molar-refractivity contribution in [3.8, 4) is 11.3 Å². The Hall–Kier alpha value is -2.37. The molecular formula is C10H7N5O4S2. The zero-order chi connectivity index (χ0) is 15.2. The number of sulfonamides is 1. The van der Waals surface area contributed by atoms with Crippen LogP contribution in [0.5, 0.6) is 0 Å². The van der Waals surface area contributed by atoms with Crippen molar-refractivity contribution in [3.05, 3.63) is 40.6 Å². The molecule has 11 heteroatoms. The molecule has 3 rings (SSSR count). The third-order valence-corrected chi connectivity index (χ3v) is 4.87. The SMILES string of the molecule is NS(=O)(=O)c1nn2cc(-c3ccc([N+](=O)[O-])cc3)nc2s1. The molecule has 0 radical (unpaired) electrons. The fraction of sp³-hybridized carbons (Fsp3) is 0. The minimum Gasteiger partial charge on any atom is -0.258 e. The predicted octanol–water partition coefficient (Wildman–Crippen LogP) is 1.01. The molecule has 0 aliphatic carbocycles. The topological polar surface area (TPSA) is 133 Å². The molecule has 0 unspecified atom stereocenters. The normalized spacial score (nSPS) is 11.9. The van der Waals surface area contributed by atoms with Gasteiger partial charge in [0.1, 0.15) is 0 Å². The van der Waals surface area contributed by atoms with Crippen LogP contribution in [0.3, 0.4) is 0 Å². The van der Waals surface area contributed by atoms with Crippen molar-refractivity contribution in [3.63, 3.8) is 0 Å². The van der Waals surface area contributed by atoms with Gasteiger partial charge in [0, 0.05) is 17.7 Å². The Morgan fingerprint density at radius 2 is 1.95 bits per heavy atom. The van der Waals surface area contributed by atoms with Gasteiger partial charge in [-0.15, -0.1) is 5.10 Å². The van der Waals surface area contributed by atoms with Gasteiger partial charge in [-0.2, -0.15) is 0 Å². The molecular weight excluding hydrogens is 318 g/mol. The molecule has 1 aromatic carbocycles. The van der Waals surface area contributed by atoms with Gasteiger partial charge in [0.05, 0.1) is 16.8 Å². The molecule has 0 saturated heterocycles. The van der Waals surface area contributed by atoms with E-state index < -0.39 is 14.9 Å². The standard InChI is InChI=1S/C10H7N5O4S2/c11-21(18,19)10-13-14-5-8(12-9(14)20-10)6-1-3-7(4-2-6)15(16)17/h1-5H,(H2,11,18,19). The van der Waals surface area contributed by atoms with Crippen LogP contribution in [-0.4, -0.2) is 27.9 Å². The molecule has 9 nitrogen and oxygen atoms in total. The van der Waals surface area contributed by atoms with E-state index in [1.54, 1.807) is 12.1 Å². The van der Waals surface area contributed by atoms with Gasteiger partial charge >= 0.3 is 0 Å². The average Bonchev–Trinajstić information content (AvgIpc) is 2.96. The zero-order valence-electron chi connectivity index (χ0n) is 10.2. The van der Waals surface area contributed by atoms with Crippen molar-refractivity contribution in [2.45, 2.75) is 4.34 Å². The van der Waals surface area contributed by atoms with Crippen LogP contribution >= 0.6 is 11.3 Å². The van der Waals surface area contributed by atoms with Crippen molar-refractivity contribution in [1.29, 1.82) is 0 Å². The van der Waals surface area contributed by atoms with Crippen molar-refractivity contribution >= 4 is 32.0 Å². The third kappa shape index (κ3) is 2.49. The van der Waals surface area contributed by atoms with Gasteiger partial charge in [-0.05, 0) is 12.1 Å². The number of non-ortho nitro benzene ring substituents is 1. The average molecular weight is 325 g/mol.